The maximum Gasteiger partial charge on any atom is 0.350 e. The maximum absolute atomic E-state index is 16.0. The van der Waals surface area contributed by atoms with Gasteiger partial charge in [0.25, 0.3) is 5.95 Å². The third-order valence-corrected chi connectivity index (χ3v) is 5.64. The van der Waals surface area contributed by atoms with Gasteiger partial charge in [0.15, 0.2) is 5.82 Å². The molecule has 0 fully saturated rings. The Morgan fingerprint density at radius 2 is 1.93 bits per heavy atom. The van der Waals surface area contributed by atoms with E-state index in [2.05, 4.69) is 25.4 Å². The first-order chi connectivity index (χ1) is 19.3. The van der Waals surface area contributed by atoms with Crippen LogP contribution in [0, 0.1) is 11.2 Å². The smallest absolute Gasteiger partial charge is 0.350 e. The van der Waals surface area contributed by atoms with E-state index < -0.39 is 23.5 Å². The fourth-order valence-electron chi connectivity index (χ4n) is 3.75. The van der Waals surface area contributed by atoms with Gasteiger partial charge in [-0.2, -0.15) is 0 Å². The summed E-state index contributed by atoms with van der Waals surface area (Å²) in [6, 6.07) is 10.1. The highest BCUT2D eigenvalue weighted by atomic mass is 19.1. The van der Waals surface area contributed by atoms with E-state index in [9.17, 15) is 9.59 Å². The van der Waals surface area contributed by atoms with Crippen LogP contribution in [0.25, 0.3) is 5.95 Å². The molecule has 0 aliphatic carbocycles. The van der Waals surface area contributed by atoms with Crippen LogP contribution in [0.2, 0.25) is 0 Å². The molecule has 13 nitrogen and oxygen atoms in total. The molecule has 1 unspecified atom stereocenters. The van der Waals surface area contributed by atoms with Crippen LogP contribution in [0.3, 0.4) is 0 Å². The van der Waals surface area contributed by atoms with E-state index in [1.807, 2.05) is 0 Å². The summed E-state index contributed by atoms with van der Waals surface area (Å²) in [5, 5.41) is 15.2. The van der Waals surface area contributed by atoms with E-state index >= 15 is 4.39 Å². The third kappa shape index (κ3) is 6.66. The lowest BCUT2D eigenvalue weighted by atomic mass is 10.0. The highest BCUT2D eigenvalue weighted by molar-refractivity contribution is 5.95. The molecule has 0 radical (unpaired) electrons. The molecule has 2 aromatic carbocycles. The van der Waals surface area contributed by atoms with Crippen molar-refractivity contribution < 1.29 is 23.4 Å². The minimum absolute atomic E-state index is 0.0223. The molecule has 0 amide bonds. The van der Waals surface area contributed by atoms with Crippen molar-refractivity contribution in [2.45, 2.75) is 19.6 Å². The summed E-state index contributed by atoms with van der Waals surface area (Å²) in [5.41, 5.74) is 6.24. The predicted molar refractivity (Wildman–Crippen MR) is 142 cm³/mol. The van der Waals surface area contributed by atoms with E-state index in [4.69, 9.17) is 25.4 Å². The van der Waals surface area contributed by atoms with E-state index in [0.717, 1.165) is 4.68 Å². The van der Waals surface area contributed by atoms with Crippen molar-refractivity contribution in [3.05, 3.63) is 93.7 Å². The van der Waals surface area contributed by atoms with Gasteiger partial charge in [0.2, 0.25) is 0 Å². The van der Waals surface area contributed by atoms with Gasteiger partial charge in [-0.25, -0.2) is 19.2 Å². The van der Waals surface area contributed by atoms with Crippen LogP contribution in [0.1, 0.15) is 35.5 Å². The number of rotatable bonds is 12. The number of aromatic amines is 1. The number of hydrogen-bond acceptors (Lipinski definition) is 10. The van der Waals surface area contributed by atoms with Crippen molar-refractivity contribution >= 4 is 17.5 Å². The largest absolute Gasteiger partial charge is 0.497 e. The molecule has 4 aromatic rings. The standard InChI is InChI=1S/C26H27FN8O5/c1-15(36)40-11-10-39-14-17-12-19(38-2)13-20(21(17)27)22(32-18-6-4-16(5-7-18)23(28)29)24-33-26(37)35(34-24)25-30-8-3-9-31-25/h3-9,12-13,22,32H,10-11,14H2,1-2H3,(H3,28,29)(H,33,34,37). The Morgan fingerprint density at radius 3 is 2.58 bits per heavy atom. The van der Waals surface area contributed by atoms with Crippen LogP contribution in [0.4, 0.5) is 10.1 Å². The number of nitrogens with zero attached hydrogens (tertiary/aromatic N) is 4. The average Bonchev–Trinajstić information content (AvgIpc) is 3.34. The monoisotopic (exact) mass is 550 g/mol. The summed E-state index contributed by atoms with van der Waals surface area (Å²) in [6.07, 6.45) is 2.93. The van der Waals surface area contributed by atoms with Crippen LogP contribution in [0.15, 0.2) is 59.7 Å². The number of halogens is 1. The van der Waals surface area contributed by atoms with Crippen LogP contribution >= 0.6 is 0 Å². The summed E-state index contributed by atoms with van der Waals surface area (Å²) in [4.78, 5) is 34.5. The van der Waals surface area contributed by atoms with E-state index in [-0.39, 0.29) is 48.6 Å². The van der Waals surface area contributed by atoms with Crippen molar-refractivity contribution in [1.29, 1.82) is 5.41 Å². The zero-order valence-corrected chi connectivity index (χ0v) is 21.7. The summed E-state index contributed by atoms with van der Waals surface area (Å²) in [5.74, 6) is -0.738. The number of methoxy groups -OCH3 is 1. The second-order valence-corrected chi connectivity index (χ2v) is 8.43. The minimum Gasteiger partial charge on any atom is -0.497 e. The maximum atomic E-state index is 16.0. The summed E-state index contributed by atoms with van der Waals surface area (Å²) < 4.78 is 32.7. The molecule has 14 heteroatoms. The number of nitrogen functional groups attached to an aromatic ring is 1. The van der Waals surface area contributed by atoms with E-state index in [1.54, 1.807) is 30.3 Å². The van der Waals surface area contributed by atoms with Gasteiger partial charge in [-0.3, -0.25) is 15.2 Å². The molecule has 2 aromatic heterocycles. The van der Waals surface area contributed by atoms with Crippen LogP contribution < -0.4 is 21.5 Å². The number of amidine groups is 1. The van der Waals surface area contributed by atoms with Gasteiger partial charge in [0, 0.05) is 41.7 Å². The number of carbonyl (C=O) groups is 1. The zero-order chi connectivity index (χ0) is 28.6. The van der Waals surface area contributed by atoms with Gasteiger partial charge in [-0.1, -0.05) is 0 Å². The van der Waals surface area contributed by atoms with Crippen molar-refractivity contribution in [2.75, 3.05) is 25.6 Å². The number of nitrogens with two attached hydrogens (primary N) is 1. The fourth-order valence-corrected chi connectivity index (χ4v) is 3.75. The molecule has 0 saturated carbocycles. The van der Waals surface area contributed by atoms with Gasteiger partial charge in [-0.15, -0.1) is 9.78 Å². The van der Waals surface area contributed by atoms with Crippen LogP contribution in [-0.2, 0) is 20.9 Å². The number of ether oxygens (including phenoxy) is 3. The van der Waals surface area contributed by atoms with E-state index in [0.29, 0.717) is 17.0 Å². The van der Waals surface area contributed by atoms with Gasteiger partial charge in [0.1, 0.15) is 30.1 Å². The SMILES string of the molecule is COc1cc(COCCOC(C)=O)c(F)c(C(Nc2ccc(C(=N)N)cc2)c2nn(-c3ncccn3)c(=O)[nH]2)c1. The Balaban J connectivity index is 1.74. The van der Waals surface area contributed by atoms with Crippen molar-refractivity contribution in [3.63, 3.8) is 0 Å². The molecule has 1 atom stereocenters. The molecule has 40 heavy (non-hydrogen) atoms. The highest BCUT2D eigenvalue weighted by Gasteiger charge is 2.26. The van der Waals surface area contributed by atoms with Gasteiger partial charge < -0.3 is 25.3 Å². The molecule has 4 rings (SSSR count). The van der Waals surface area contributed by atoms with Gasteiger partial charge in [-0.05, 0) is 42.5 Å². The first kappa shape index (κ1) is 27.9. The Labute approximate surface area is 227 Å². The lowest BCUT2D eigenvalue weighted by Crippen LogP contribution is -2.18. The zero-order valence-electron chi connectivity index (χ0n) is 21.7. The van der Waals surface area contributed by atoms with Crippen molar-refractivity contribution in [3.8, 4) is 11.7 Å². The predicted octanol–water partition coefficient (Wildman–Crippen LogP) is 2.06. The number of aromatic nitrogens is 5. The molecular formula is C26H27FN8O5. The lowest BCUT2D eigenvalue weighted by Gasteiger charge is -2.21. The second-order valence-electron chi connectivity index (χ2n) is 8.43. The molecule has 0 saturated heterocycles. The normalized spacial score (nSPS) is 11.6. The highest BCUT2D eigenvalue weighted by Crippen LogP contribution is 2.32. The average molecular weight is 551 g/mol. The van der Waals surface area contributed by atoms with Crippen molar-refractivity contribution in [2.24, 2.45) is 5.73 Å². The molecule has 2 heterocycles. The topological polar surface area (TPSA) is 183 Å². The van der Waals surface area contributed by atoms with E-state index in [1.165, 1.54) is 38.6 Å². The number of benzene rings is 2. The molecule has 5 N–H and O–H groups in total. The minimum atomic E-state index is -1.02. The molecule has 0 aliphatic rings. The fraction of sp³-hybridized carbons (Fsp3) is 0.231. The van der Waals surface area contributed by atoms with Crippen molar-refractivity contribution in [1.82, 2.24) is 24.7 Å². The number of esters is 1. The molecular weight excluding hydrogens is 523 g/mol. The van der Waals surface area contributed by atoms with Crippen LogP contribution in [0.5, 0.6) is 5.75 Å². The quantitative estimate of drug-likeness (QED) is 0.0881. The molecule has 0 aliphatic heterocycles. The number of H-pyrrole nitrogens is 1. The number of carbonyl (C=O) groups excluding carboxylic acids is 1. The Morgan fingerprint density at radius 1 is 1.20 bits per heavy atom. The first-order valence-electron chi connectivity index (χ1n) is 12.0. The summed E-state index contributed by atoms with van der Waals surface area (Å²) in [6.45, 7) is 1.23. The molecule has 0 spiro atoms. The Kier molecular flexibility index (Phi) is 8.81. The number of nitrogens with one attached hydrogen (secondary N) is 3. The Bertz CT molecular complexity index is 1540. The number of anilines is 1. The second kappa shape index (κ2) is 12.6. The summed E-state index contributed by atoms with van der Waals surface area (Å²) in [7, 11) is 1.44. The molecule has 0 bridgehead atoms. The number of hydrogen-bond donors (Lipinski definition) is 4. The Hall–Kier alpha value is -5.11. The van der Waals surface area contributed by atoms with Crippen LogP contribution in [-0.4, -0.2) is 56.9 Å². The lowest BCUT2D eigenvalue weighted by molar-refractivity contribution is -0.142. The molecule has 208 valence electrons. The van der Waals surface area contributed by atoms with Gasteiger partial charge in [0.05, 0.1) is 20.3 Å². The summed E-state index contributed by atoms with van der Waals surface area (Å²) >= 11 is 0. The first-order valence-corrected chi connectivity index (χ1v) is 12.0. The van der Waals surface area contributed by atoms with Gasteiger partial charge >= 0.3 is 11.7 Å². The third-order valence-electron chi connectivity index (χ3n) is 5.64.